The smallest absolute Gasteiger partial charge is 0.232 e. The van der Waals surface area contributed by atoms with Crippen LogP contribution in [0, 0.1) is 11.3 Å². The van der Waals surface area contributed by atoms with Gasteiger partial charge in [0.2, 0.25) is 5.88 Å². The van der Waals surface area contributed by atoms with E-state index >= 15 is 0 Å². The highest BCUT2D eigenvalue weighted by molar-refractivity contribution is 5.18. The Balaban J connectivity index is 1.74. The molecule has 2 heterocycles. The lowest BCUT2D eigenvalue weighted by molar-refractivity contribution is 0.231. The molecule has 5 nitrogen and oxygen atoms in total. The normalized spacial score (nSPS) is 15.9. The molecule has 1 aliphatic rings. The van der Waals surface area contributed by atoms with Gasteiger partial charge in [-0.15, -0.1) is 0 Å². The SMILES string of the molecule is N#Cc1cnc(OCCN2CCCC2)cn1. The van der Waals surface area contributed by atoms with E-state index in [9.17, 15) is 0 Å². The predicted molar refractivity (Wildman–Crippen MR) is 57.9 cm³/mol. The Morgan fingerprint density at radius 3 is 2.75 bits per heavy atom. The Bertz CT molecular complexity index is 365. The van der Waals surface area contributed by atoms with Crippen LogP contribution in [0.2, 0.25) is 0 Å². The largest absolute Gasteiger partial charge is 0.475 e. The lowest BCUT2D eigenvalue weighted by Crippen LogP contribution is -2.25. The van der Waals surface area contributed by atoms with Crippen molar-refractivity contribution in [3.63, 3.8) is 0 Å². The van der Waals surface area contributed by atoms with Gasteiger partial charge in [0.15, 0.2) is 5.69 Å². The zero-order valence-corrected chi connectivity index (χ0v) is 9.09. The number of nitriles is 1. The van der Waals surface area contributed by atoms with Crippen molar-refractivity contribution in [1.82, 2.24) is 14.9 Å². The minimum atomic E-state index is 0.312. The summed E-state index contributed by atoms with van der Waals surface area (Å²) in [6, 6.07) is 1.92. The minimum Gasteiger partial charge on any atom is -0.475 e. The molecule has 2 rings (SSSR count). The van der Waals surface area contributed by atoms with Gasteiger partial charge in [0.1, 0.15) is 12.7 Å². The quantitative estimate of drug-likeness (QED) is 0.748. The highest BCUT2D eigenvalue weighted by Gasteiger charge is 2.10. The lowest BCUT2D eigenvalue weighted by atomic mass is 10.4. The summed E-state index contributed by atoms with van der Waals surface area (Å²) in [6.45, 7) is 3.90. The maximum atomic E-state index is 8.55. The second kappa shape index (κ2) is 5.42. The zero-order chi connectivity index (χ0) is 11.2. The molecule has 0 saturated carbocycles. The summed E-state index contributed by atoms with van der Waals surface area (Å²) >= 11 is 0. The van der Waals surface area contributed by atoms with E-state index in [1.807, 2.05) is 6.07 Å². The molecule has 0 amide bonds. The van der Waals surface area contributed by atoms with Crippen LogP contribution in [0.4, 0.5) is 0 Å². The van der Waals surface area contributed by atoms with Crippen LogP contribution >= 0.6 is 0 Å². The van der Waals surface area contributed by atoms with Crippen LogP contribution in [-0.4, -0.2) is 41.1 Å². The monoisotopic (exact) mass is 218 g/mol. The fraction of sp³-hybridized carbons (Fsp3) is 0.545. The molecule has 1 fully saturated rings. The molecule has 1 aromatic rings. The fourth-order valence-corrected chi connectivity index (χ4v) is 1.73. The van der Waals surface area contributed by atoms with Crippen LogP contribution in [0.5, 0.6) is 5.88 Å². The standard InChI is InChI=1S/C11H14N4O/c12-7-10-8-14-11(9-13-10)16-6-5-15-3-1-2-4-15/h8-9H,1-6H2. The van der Waals surface area contributed by atoms with Gasteiger partial charge in [0.05, 0.1) is 12.4 Å². The van der Waals surface area contributed by atoms with Gasteiger partial charge < -0.3 is 4.74 Å². The molecule has 1 saturated heterocycles. The molecule has 1 aromatic heterocycles. The average Bonchev–Trinajstić information content (AvgIpc) is 2.83. The van der Waals surface area contributed by atoms with Gasteiger partial charge in [-0.3, -0.25) is 4.90 Å². The topological polar surface area (TPSA) is 62.0 Å². The van der Waals surface area contributed by atoms with Crippen molar-refractivity contribution in [2.45, 2.75) is 12.8 Å². The molecular formula is C11H14N4O. The third kappa shape index (κ3) is 2.91. The fourth-order valence-electron chi connectivity index (χ4n) is 1.73. The number of ether oxygens (including phenoxy) is 1. The van der Waals surface area contributed by atoms with Crippen LogP contribution in [0.15, 0.2) is 12.4 Å². The average molecular weight is 218 g/mol. The number of likely N-dealkylation sites (tertiary alicyclic amines) is 1. The molecule has 84 valence electrons. The van der Waals surface area contributed by atoms with Crippen LogP contribution in [-0.2, 0) is 0 Å². The van der Waals surface area contributed by atoms with E-state index < -0.39 is 0 Å². The summed E-state index contributed by atoms with van der Waals surface area (Å²) in [7, 11) is 0. The first-order chi connectivity index (χ1) is 7.88. The van der Waals surface area contributed by atoms with Crippen molar-refractivity contribution >= 4 is 0 Å². The third-order valence-corrected chi connectivity index (χ3v) is 2.60. The van der Waals surface area contributed by atoms with E-state index in [-0.39, 0.29) is 0 Å². The number of aromatic nitrogens is 2. The summed E-state index contributed by atoms with van der Waals surface area (Å²) < 4.78 is 5.44. The molecule has 0 bridgehead atoms. The van der Waals surface area contributed by atoms with E-state index in [2.05, 4.69) is 14.9 Å². The Hall–Kier alpha value is -1.67. The molecule has 0 N–H and O–H groups in total. The van der Waals surface area contributed by atoms with Gasteiger partial charge in [-0.2, -0.15) is 5.26 Å². The number of nitrogens with zero attached hydrogens (tertiary/aromatic N) is 4. The van der Waals surface area contributed by atoms with Gasteiger partial charge in [0, 0.05) is 6.54 Å². The van der Waals surface area contributed by atoms with Gasteiger partial charge in [-0.05, 0) is 25.9 Å². The molecule has 0 atom stereocenters. The van der Waals surface area contributed by atoms with E-state index in [4.69, 9.17) is 10.00 Å². The van der Waals surface area contributed by atoms with Gasteiger partial charge in [-0.1, -0.05) is 0 Å². The van der Waals surface area contributed by atoms with Crippen LogP contribution in [0.1, 0.15) is 18.5 Å². The maximum absolute atomic E-state index is 8.55. The second-order valence-electron chi connectivity index (χ2n) is 3.75. The first-order valence-electron chi connectivity index (χ1n) is 5.46. The maximum Gasteiger partial charge on any atom is 0.232 e. The van der Waals surface area contributed by atoms with Gasteiger partial charge >= 0.3 is 0 Å². The first kappa shape index (κ1) is 10.8. The minimum absolute atomic E-state index is 0.312. The predicted octanol–water partition coefficient (Wildman–Crippen LogP) is 0.823. The number of hydrogen-bond acceptors (Lipinski definition) is 5. The molecule has 0 aliphatic carbocycles. The van der Waals surface area contributed by atoms with Gasteiger partial charge in [-0.25, -0.2) is 9.97 Å². The van der Waals surface area contributed by atoms with Crippen molar-refractivity contribution in [3.05, 3.63) is 18.1 Å². The molecule has 0 aromatic carbocycles. The summed E-state index contributed by atoms with van der Waals surface area (Å²) in [6.07, 6.45) is 5.49. The van der Waals surface area contributed by atoms with Crippen molar-refractivity contribution in [3.8, 4) is 11.9 Å². The van der Waals surface area contributed by atoms with Gasteiger partial charge in [0.25, 0.3) is 0 Å². The Kier molecular flexibility index (Phi) is 3.67. The van der Waals surface area contributed by atoms with E-state index in [0.29, 0.717) is 18.2 Å². The Morgan fingerprint density at radius 1 is 1.31 bits per heavy atom. The first-order valence-corrected chi connectivity index (χ1v) is 5.46. The number of hydrogen-bond donors (Lipinski definition) is 0. The molecule has 1 aliphatic heterocycles. The van der Waals surface area contributed by atoms with E-state index in [1.165, 1.54) is 38.3 Å². The van der Waals surface area contributed by atoms with E-state index in [0.717, 1.165) is 6.54 Å². The van der Waals surface area contributed by atoms with Crippen LogP contribution in [0.25, 0.3) is 0 Å². The summed E-state index contributed by atoms with van der Waals surface area (Å²) in [4.78, 5) is 10.2. The number of rotatable bonds is 4. The second-order valence-corrected chi connectivity index (χ2v) is 3.75. The Labute approximate surface area is 94.7 Å². The van der Waals surface area contributed by atoms with Crippen molar-refractivity contribution < 1.29 is 4.74 Å². The van der Waals surface area contributed by atoms with Crippen molar-refractivity contribution in [2.75, 3.05) is 26.2 Å². The molecule has 0 radical (unpaired) electrons. The Morgan fingerprint density at radius 2 is 2.12 bits per heavy atom. The van der Waals surface area contributed by atoms with Crippen LogP contribution in [0.3, 0.4) is 0 Å². The molecule has 5 heteroatoms. The lowest BCUT2D eigenvalue weighted by Gasteiger charge is -2.14. The highest BCUT2D eigenvalue weighted by atomic mass is 16.5. The van der Waals surface area contributed by atoms with Crippen molar-refractivity contribution in [2.24, 2.45) is 0 Å². The summed E-state index contributed by atoms with van der Waals surface area (Å²) in [5.41, 5.74) is 0.312. The van der Waals surface area contributed by atoms with Crippen molar-refractivity contribution in [1.29, 1.82) is 5.26 Å². The summed E-state index contributed by atoms with van der Waals surface area (Å²) in [5.74, 6) is 0.484. The van der Waals surface area contributed by atoms with E-state index in [1.54, 1.807) is 0 Å². The molecule has 0 spiro atoms. The summed E-state index contributed by atoms with van der Waals surface area (Å²) in [5, 5.41) is 8.55. The molecule has 16 heavy (non-hydrogen) atoms. The van der Waals surface area contributed by atoms with Crippen LogP contribution < -0.4 is 4.74 Å². The molecule has 0 unspecified atom stereocenters. The highest BCUT2D eigenvalue weighted by Crippen LogP contribution is 2.07. The third-order valence-electron chi connectivity index (χ3n) is 2.60. The molecular weight excluding hydrogens is 204 g/mol. The zero-order valence-electron chi connectivity index (χ0n) is 9.09.